The van der Waals surface area contributed by atoms with E-state index in [1.54, 1.807) is 10.7 Å². The highest BCUT2D eigenvalue weighted by Crippen LogP contribution is 2.36. The molecule has 1 amide bonds. The van der Waals surface area contributed by atoms with Crippen LogP contribution in [0, 0.1) is 6.92 Å². The molecule has 3 rings (SSSR count). The third-order valence-electron chi connectivity index (χ3n) is 2.66. The Bertz CT molecular complexity index is 588. The number of aryl methyl sites for hydroxylation is 1. The molecule has 0 aromatic carbocycles. The fraction of sp³-hybridized carbons (Fsp3) is 0.500. The minimum atomic E-state index is -0.123. The Hall–Kier alpha value is -1.90. The summed E-state index contributed by atoms with van der Waals surface area (Å²) in [5.74, 6) is 0.672. The summed E-state index contributed by atoms with van der Waals surface area (Å²) >= 11 is 1.33. The zero-order valence-electron chi connectivity index (χ0n) is 10.3. The van der Waals surface area contributed by atoms with E-state index in [1.807, 2.05) is 6.92 Å². The molecule has 1 aliphatic rings. The van der Waals surface area contributed by atoms with Gasteiger partial charge >= 0.3 is 0 Å². The van der Waals surface area contributed by atoms with Crippen LogP contribution in [0.15, 0.2) is 11.2 Å². The van der Waals surface area contributed by atoms with Crippen LogP contribution in [0.1, 0.15) is 24.6 Å². The third-order valence-corrected chi connectivity index (χ3v) is 3.59. The van der Waals surface area contributed by atoms with E-state index >= 15 is 0 Å². The quantitative estimate of drug-likeness (QED) is 0.784. The minimum Gasteiger partial charge on any atom is -0.308 e. The molecule has 2 heterocycles. The summed E-state index contributed by atoms with van der Waals surface area (Å²) in [6, 6.07) is 2.19. The van der Waals surface area contributed by atoms with Gasteiger partial charge < -0.3 is 5.32 Å². The first-order valence-corrected chi connectivity index (χ1v) is 6.93. The molecular weight excluding hydrogens is 266 g/mol. The molecule has 19 heavy (non-hydrogen) atoms. The maximum Gasteiger partial charge on any atom is 0.236 e. The summed E-state index contributed by atoms with van der Waals surface area (Å²) in [5.41, 5.74) is 0.903. The van der Waals surface area contributed by atoms with E-state index in [4.69, 9.17) is 0 Å². The van der Waals surface area contributed by atoms with Crippen LogP contribution in [0.25, 0.3) is 0 Å². The van der Waals surface area contributed by atoms with Crippen LogP contribution >= 0.6 is 11.8 Å². The van der Waals surface area contributed by atoms with E-state index < -0.39 is 0 Å². The number of anilines is 1. The van der Waals surface area contributed by atoms with Gasteiger partial charge in [0.1, 0.15) is 0 Å². The fourth-order valence-corrected chi connectivity index (χ4v) is 2.36. The lowest BCUT2D eigenvalue weighted by atomic mass is 10.5. The standard InChI is InChI=1S/C10H13N7OS/c1-6-4-8(13-12-6)11-9(18)5-19-10-14-15-16-17(10)7-2-3-7/h4,7H,2-3,5H2,1H3,(H2,11,12,13,18). The molecule has 0 radical (unpaired) electrons. The molecule has 9 heteroatoms. The van der Waals surface area contributed by atoms with E-state index in [0.29, 0.717) is 17.0 Å². The molecule has 1 fully saturated rings. The second kappa shape index (κ2) is 5.00. The molecule has 0 bridgehead atoms. The molecule has 0 atom stereocenters. The molecule has 2 N–H and O–H groups in total. The second-order valence-corrected chi connectivity index (χ2v) is 5.35. The number of amides is 1. The summed E-state index contributed by atoms with van der Waals surface area (Å²) in [6.45, 7) is 1.88. The number of nitrogens with one attached hydrogen (secondary N) is 2. The van der Waals surface area contributed by atoms with E-state index in [9.17, 15) is 4.79 Å². The Labute approximate surface area is 113 Å². The summed E-state index contributed by atoms with van der Waals surface area (Å²) in [6.07, 6.45) is 2.22. The largest absolute Gasteiger partial charge is 0.308 e. The first-order chi connectivity index (χ1) is 9.22. The van der Waals surface area contributed by atoms with Crippen LogP contribution in [-0.2, 0) is 4.79 Å². The zero-order chi connectivity index (χ0) is 13.2. The molecular formula is C10H13N7OS. The summed E-state index contributed by atoms with van der Waals surface area (Å²) in [5, 5.41) is 21.6. The number of carbonyl (C=O) groups excluding carboxylic acids is 1. The highest BCUT2D eigenvalue weighted by atomic mass is 32.2. The average Bonchev–Trinajstić information content (AvgIpc) is 2.98. The van der Waals surface area contributed by atoms with Crippen molar-refractivity contribution < 1.29 is 4.79 Å². The van der Waals surface area contributed by atoms with Gasteiger partial charge in [0.15, 0.2) is 5.82 Å². The van der Waals surface area contributed by atoms with Crippen molar-refractivity contribution in [1.82, 2.24) is 30.4 Å². The van der Waals surface area contributed by atoms with Crippen LogP contribution in [-0.4, -0.2) is 42.1 Å². The normalized spacial score (nSPS) is 14.6. The first kappa shape index (κ1) is 12.2. The number of aromatic amines is 1. The molecule has 0 aliphatic heterocycles. The monoisotopic (exact) mass is 279 g/mol. The Morgan fingerprint density at radius 2 is 2.47 bits per heavy atom. The van der Waals surface area contributed by atoms with Gasteiger partial charge in [-0.3, -0.25) is 9.89 Å². The molecule has 8 nitrogen and oxygen atoms in total. The van der Waals surface area contributed by atoms with Crippen LogP contribution < -0.4 is 5.32 Å². The van der Waals surface area contributed by atoms with Crippen molar-refractivity contribution in [2.75, 3.05) is 11.1 Å². The smallest absolute Gasteiger partial charge is 0.236 e. The maximum absolute atomic E-state index is 11.8. The third kappa shape index (κ3) is 2.92. The topological polar surface area (TPSA) is 101 Å². The van der Waals surface area contributed by atoms with E-state index in [0.717, 1.165) is 18.5 Å². The Balaban J connectivity index is 1.54. The van der Waals surface area contributed by atoms with Gasteiger partial charge in [-0.15, -0.1) is 5.10 Å². The number of hydrogen-bond donors (Lipinski definition) is 2. The van der Waals surface area contributed by atoms with Gasteiger partial charge in [-0.1, -0.05) is 11.8 Å². The van der Waals surface area contributed by atoms with Gasteiger partial charge in [-0.05, 0) is 30.2 Å². The number of rotatable bonds is 5. The predicted molar refractivity (Wildman–Crippen MR) is 68.8 cm³/mol. The van der Waals surface area contributed by atoms with Crippen molar-refractivity contribution in [3.05, 3.63) is 11.8 Å². The highest BCUT2D eigenvalue weighted by Gasteiger charge is 2.28. The van der Waals surface area contributed by atoms with Crippen LogP contribution in [0.4, 0.5) is 5.82 Å². The predicted octanol–water partition coefficient (Wildman–Crippen LogP) is 0.770. The summed E-state index contributed by atoms with van der Waals surface area (Å²) in [4.78, 5) is 11.8. The molecule has 0 saturated heterocycles. The lowest BCUT2D eigenvalue weighted by molar-refractivity contribution is -0.113. The molecule has 2 aromatic rings. The Kier molecular flexibility index (Phi) is 3.20. The van der Waals surface area contributed by atoms with Crippen molar-refractivity contribution in [1.29, 1.82) is 0 Å². The van der Waals surface area contributed by atoms with Gasteiger partial charge in [0, 0.05) is 11.8 Å². The number of thioether (sulfide) groups is 1. The lowest BCUT2D eigenvalue weighted by Gasteiger charge is -2.02. The van der Waals surface area contributed by atoms with Gasteiger partial charge in [0.05, 0.1) is 11.8 Å². The minimum absolute atomic E-state index is 0.123. The van der Waals surface area contributed by atoms with Crippen molar-refractivity contribution in [2.24, 2.45) is 0 Å². The molecule has 1 aliphatic carbocycles. The van der Waals surface area contributed by atoms with Crippen LogP contribution in [0.2, 0.25) is 0 Å². The Morgan fingerprint density at radius 3 is 3.16 bits per heavy atom. The van der Waals surface area contributed by atoms with Crippen molar-refractivity contribution >= 4 is 23.5 Å². The van der Waals surface area contributed by atoms with Crippen molar-refractivity contribution in [2.45, 2.75) is 31.0 Å². The average molecular weight is 279 g/mol. The molecule has 2 aromatic heterocycles. The van der Waals surface area contributed by atoms with E-state index in [2.05, 4.69) is 31.0 Å². The molecule has 0 unspecified atom stereocenters. The van der Waals surface area contributed by atoms with E-state index in [1.165, 1.54) is 11.8 Å². The van der Waals surface area contributed by atoms with Gasteiger partial charge in [-0.2, -0.15) is 5.10 Å². The number of hydrogen-bond acceptors (Lipinski definition) is 6. The van der Waals surface area contributed by atoms with Gasteiger partial charge in [0.25, 0.3) is 0 Å². The molecule has 100 valence electrons. The number of nitrogens with zero attached hydrogens (tertiary/aromatic N) is 5. The zero-order valence-corrected chi connectivity index (χ0v) is 11.1. The number of carbonyl (C=O) groups is 1. The van der Waals surface area contributed by atoms with Crippen molar-refractivity contribution in [3.63, 3.8) is 0 Å². The second-order valence-electron chi connectivity index (χ2n) is 4.41. The van der Waals surface area contributed by atoms with Crippen molar-refractivity contribution in [3.8, 4) is 0 Å². The molecule has 0 spiro atoms. The number of tetrazole rings is 1. The maximum atomic E-state index is 11.8. The fourth-order valence-electron chi connectivity index (χ4n) is 1.62. The van der Waals surface area contributed by atoms with E-state index in [-0.39, 0.29) is 11.7 Å². The highest BCUT2D eigenvalue weighted by molar-refractivity contribution is 7.99. The summed E-state index contributed by atoms with van der Waals surface area (Å²) < 4.78 is 1.79. The Morgan fingerprint density at radius 1 is 1.63 bits per heavy atom. The number of aromatic nitrogens is 6. The SMILES string of the molecule is Cc1cc(NC(=O)CSc2nnnn2C2CC2)n[nH]1. The van der Waals surface area contributed by atoms with Crippen LogP contribution in [0.5, 0.6) is 0 Å². The van der Waals surface area contributed by atoms with Crippen LogP contribution in [0.3, 0.4) is 0 Å². The molecule has 1 saturated carbocycles. The van der Waals surface area contributed by atoms with Gasteiger partial charge in [-0.25, -0.2) is 4.68 Å². The van der Waals surface area contributed by atoms with Gasteiger partial charge in [0.2, 0.25) is 11.1 Å². The lowest BCUT2D eigenvalue weighted by Crippen LogP contribution is -2.15. The summed E-state index contributed by atoms with van der Waals surface area (Å²) in [7, 11) is 0. The number of H-pyrrole nitrogens is 1. The first-order valence-electron chi connectivity index (χ1n) is 5.95.